The van der Waals surface area contributed by atoms with E-state index in [4.69, 9.17) is 4.74 Å². The Morgan fingerprint density at radius 2 is 1.74 bits per heavy atom. The van der Waals surface area contributed by atoms with Gasteiger partial charge in [0.1, 0.15) is 5.75 Å². The van der Waals surface area contributed by atoms with E-state index >= 15 is 0 Å². The van der Waals surface area contributed by atoms with Gasteiger partial charge in [0.05, 0.1) is 0 Å². The summed E-state index contributed by atoms with van der Waals surface area (Å²) in [6.07, 6.45) is -0.556. The van der Waals surface area contributed by atoms with E-state index in [1.54, 1.807) is 6.92 Å². The molecule has 3 aromatic carbocycles. The van der Waals surface area contributed by atoms with Gasteiger partial charge in [-0.3, -0.25) is 4.79 Å². The topological polar surface area (TPSA) is 38.3 Å². The normalized spacial score (nSPS) is 12.2. The number of fused-ring (bicyclic) bond motifs is 1. The zero-order valence-electron chi connectivity index (χ0n) is 16.5. The SMILES string of the molecule is Cc1ccc(C(C)C)c(OC(C)C(=O)NCc2cccc3ccccc23)c1. The molecule has 1 amide bonds. The summed E-state index contributed by atoms with van der Waals surface area (Å²) < 4.78 is 6.01. The van der Waals surface area contributed by atoms with Gasteiger partial charge in [-0.05, 0) is 53.3 Å². The van der Waals surface area contributed by atoms with Crippen LogP contribution in [-0.4, -0.2) is 12.0 Å². The quantitative estimate of drug-likeness (QED) is 0.642. The molecule has 0 saturated heterocycles. The predicted octanol–water partition coefficient (Wildman–Crippen LogP) is 5.36. The first-order chi connectivity index (χ1) is 13.0. The summed E-state index contributed by atoms with van der Waals surface area (Å²) in [5, 5.41) is 5.35. The highest BCUT2D eigenvalue weighted by atomic mass is 16.5. The molecule has 0 aliphatic carbocycles. The largest absolute Gasteiger partial charge is 0.481 e. The number of carbonyl (C=O) groups is 1. The highest BCUT2D eigenvalue weighted by molar-refractivity contribution is 5.86. The molecule has 3 nitrogen and oxygen atoms in total. The number of amides is 1. The Morgan fingerprint density at radius 1 is 1.00 bits per heavy atom. The molecular formula is C24H27NO2. The number of hydrogen-bond donors (Lipinski definition) is 1. The van der Waals surface area contributed by atoms with Crippen LogP contribution in [0.5, 0.6) is 5.75 Å². The summed E-state index contributed by atoms with van der Waals surface area (Å²) in [5.74, 6) is 1.02. The molecule has 0 fully saturated rings. The zero-order valence-corrected chi connectivity index (χ0v) is 16.5. The van der Waals surface area contributed by atoms with Crippen LogP contribution in [0, 0.1) is 6.92 Å². The first-order valence-corrected chi connectivity index (χ1v) is 9.47. The Hall–Kier alpha value is -2.81. The lowest BCUT2D eigenvalue weighted by Crippen LogP contribution is -2.36. The molecule has 3 rings (SSSR count). The molecule has 1 unspecified atom stereocenters. The lowest BCUT2D eigenvalue weighted by atomic mass is 10.0. The van der Waals surface area contributed by atoms with Crippen LogP contribution in [0.15, 0.2) is 60.7 Å². The van der Waals surface area contributed by atoms with Crippen LogP contribution in [0.3, 0.4) is 0 Å². The van der Waals surface area contributed by atoms with E-state index in [0.29, 0.717) is 12.5 Å². The molecule has 27 heavy (non-hydrogen) atoms. The predicted molar refractivity (Wildman–Crippen MR) is 111 cm³/mol. The molecule has 0 bridgehead atoms. The maximum absolute atomic E-state index is 12.6. The Balaban J connectivity index is 1.69. The summed E-state index contributed by atoms with van der Waals surface area (Å²) in [6, 6.07) is 20.5. The Kier molecular flexibility index (Phi) is 5.80. The van der Waals surface area contributed by atoms with Crippen molar-refractivity contribution in [2.75, 3.05) is 0 Å². The first-order valence-electron chi connectivity index (χ1n) is 9.47. The van der Waals surface area contributed by atoms with Crippen molar-refractivity contribution in [2.45, 2.75) is 46.3 Å². The average Bonchev–Trinajstić information content (AvgIpc) is 2.65. The van der Waals surface area contributed by atoms with E-state index in [0.717, 1.165) is 27.8 Å². The van der Waals surface area contributed by atoms with Crippen LogP contribution < -0.4 is 10.1 Å². The van der Waals surface area contributed by atoms with Gasteiger partial charge < -0.3 is 10.1 Å². The van der Waals surface area contributed by atoms with E-state index in [1.165, 1.54) is 5.39 Å². The molecule has 0 spiro atoms. The van der Waals surface area contributed by atoms with Gasteiger partial charge in [0.2, 0.25) is 0 Å². The Labute approximate surface area is 161 Å². The van der Waals surface area contributed by atoms with E-state index in [1.807, 2.05) is 37.3 Å². The zero-order chi connectivity index (χ0) is 19.4. The number of nitrogens with one attached hydrogen (secondary N) is 1. The van der Waals surface area contributed by atoms with Gasteiger partial charge in [0.15, 0.2) is 6.10 Å². The lowest BCUT2D eigenvalue weighted by Gasteiger charge is -2.19. The van der Waals surface area contributed by atoms with Crippen LogP contribution >= 0.6 is 0 Å². The van der Waals surface area contributed by atoms with E-state index in [9.17, 15) is 4.79 Å². The minimum atomic E-state index is -0.556. The third-order valence-electron chi connectivity index (χ3n) is 4.80. The molecule has 1 atom stereocenters. The highest BCUT2D eigenvalue weighted by Gasteiger charge is 2.17. The molecule has 0 aliphatic rings. The molecule has 0 heterocycles. The average molecular weight is 361 g/mol. The molecule has 3 aromatic rings. The van der Waals surface area contributed by atoms with Crippen molar-refractivity contribution in [1.82, 2.24) is 5.32 Å². The molecule has 0 aliphatic heterocycles. The third-order valence-corrected chi connectivity index (χ3v) is 4.80. The molecule has 1 N–H and O–H groups in total. The molecule has 0 radical (unpaired) electrons. The number of benzene rings is 3. The minimum absolute atomic E-state index is 0.112. The number of rotatable bonds is 6. The van der Waals surface area contributed by atoms with E-state index in [-0.39, 0.29) is 5.91 Å². The Bertz CT molecular complexity index is 941. The van der Waals surface area contributed by atoms with Crippen molar-refractivity contribution in [1.29, 1.82) is 0 Å². The van der Waals surface area contributed by atoms with Gasteiger partial charge in [0.25, 0.3) is 5.91 Å². The fourth-order valence-electron chi connectivity index (χ4n) is 3.24. The maximum Gasteiger partial charge on any atom is 0.261 e. The summed E-state index contributed by atoms with van der Waals surface area (Å²) in [7, 11) is 0. The van der Waals surface area contributed by atoms with Crippen LogP contribution in [-0.2, 0) is 11.3 Å². The second-order valence-corrected chi connectivity index (χ2v) is 7.31. The van der Waals surface area contributed by atoms with Gasteiger partial charge in [-0.15, -0.1) is 0 Å². The second-order valence-electron chi connectivity index (χ2n) is 7.31. The summed E-state index contributed by atoms with van der Waals surface area (Å²) >= 11 is 0. The summed E-state index contributed by atoms with van der Waals surface area (Å²) in [4.78, 5) is 12.6. The smallest absolute Gasteiger partial charge is 0.261 e. The van der Waals surface area contributed by atoms with Gasteiger partial charge in [-0.1, -0.05) is 68.4 Å². The van der Waals surface area contributed by atoms with Crippen LogP contribution in [0.1, 0.15) is 43.4 Å². The number of ether oxygens (including phenoxy) is 1. The third kappa shape index (κ3) is 4.48. The number of hydrogen-bond acceptors (Lipinski definition) is 2. The standard InChI is InChI=1S/C24H27NO2/c1-16(2)21-13-12-17(3)14-23(21)27-18(4)24(26)25-15-20-10-7-9-19-8-5-6-11-22(19)20/h5-14,16,18H,15H2,1-4H3,(H,25,26). The fourth-order valence-corrected chi connectivity index (χ4v) is 3.24. The molecule has 0 saturated carbocycles. The minimum Gasteiger partial charge on any atom is -0.481 e. The lowest BCUT2D eigenvalue weighted by molar-refractivity contribution is -0.127. The van der Waals surface area contributed by atoms with Crippen molar-refractivity contribution in [3.8, 4) is 5.75 Å². The van der Waals surface area contributed by atoms with Crippen molar-refractivity contribution in [2.24, 2.45) is 0 Å². The van der Waals surface area contributed by atoms with E-state index < -0.39 is 6.10 Å². The van der Waals surface area contributed by atoms with Crippen LogP contribution in [0.25, 0.3) is 10.8 Å². The fraction of sp³-hybridized carbons (Fsp3) is 0.292. The van der Waals surface area contributed by atoms with Gasteiger partial charge in [0, 0.05) is 6.54 Å². The monoisotopic (exact) mass is 361 g/mol. The van der Waals surface area contributed by atoms with Crippen molar-refractivity contribution >= 4 is 16.7 Å². The van der Waals surface area contributed by atoms with Crippen LogP contribution in [0.2, 0.25) is 0 Å². The summed E-state index contributed by atoms with van der Waals surface area (Å²) in [6.45, 7) is 8.57. The summed E-state index contributed by atoms with van der Waals surface area (Å²) in [5.41, 5.74) is 3.35. The highest BCUT2D eigenvalue weighted by Crippen LogP contribution is 2.28. The van der Waals surface area contributed by atoms with Gasteiger partial charge in [-0.25, -0.2) is 0 Å². The van der Waals surface area contributed by atoms with Crippen molar-refractivity contribution in [3.05, 3.63) is 77.4 Å². The molecule has 140 valence electrons. The Morgan fingerprint density at radius 3 is 2.52 bits per heavy atom. The number of carbonyl (C=O) groups excluding carboxylic acids is 1. The van der Waals surface area contributed by atoms with E-state index in [2.05, 4.69) is 49.5 Å². The molecule has 3 heteroatoms. The van der Waals surface area contributed by atoms with Crippen molar-refractivity contribution in [3.63, 3.8) is 0 Å². The first kappa shape index (κ1) is 19.0. The number of aryl methyl sites for hydroxylation is 1. The van der Waals surface area contributed by atoms with Gasteiger partial charge >= 0.3 is 0 Å². The van der Waals surface area contributed by atoms with Crippen LogP contribution in [0.4, 0.5) is 0 Å². The maximum atomic E-state index is 12.6. The molecular weight excluding hydrogens is 334 g/mol. The van der Waals surface area contributed by atoms with Crippen molar-refractivity contribution < 1.29 is 9.53 Å². The van der Waals surface area contributed by atoms with Gasteiger partial charge in [-0.2, -0.15) is 0 Å². The second kappa shape index (κ2) is 8.26. The molecule has 0 aromatic heterocycles.